The zero-order chi connectivity index (χ0) is 12.8. The third-order valence-electron chi connectivity index (χ3n) is 2.65. The molecule has 0 saturated heterocycles. The first kappa shape index (κ1) is 12.4. The summed E-state index contributed by atoms with van der Waals surface area (Å²) in [6.45, 7) is 2.62. The maximum Gasteiger partial charge on any atom is 0.232 e. The summed E-state index contributed by atoms with van der Waals surface area (Å²) in [4.78, 5) is 15.6. The second-order valence-corrected chi connectivity index (χ2v) is 3.94. The Morgan fingerprint density at radius 3 is 2.72 bits per heavy atom. The van der Waals surface area contributed by atoms with E-state index in [-0.39, 0.29) is 5.91 Å². The molecule has 0 N–H and O–H groups in total. The van der Waals surface area contributed by atoms with Crippen molar-refractivity contribution in [2.45, 2.75) is 19.8 Å². The highest BCUT2D eigenvalue weighted by atomic mass is 16.5. The van der Waals surface area contributed by atoms with Crippen LogP contribution in [-0.2, 0) is 6.42 Å². The van der Waals surface area contributed by atoms with Gasteiger partial charge in [0.2, 0.25) is 5.91 Å². The SMILES string of the molecule is CCOc1ccc(CCC(=O)n2ccnc2)cc1. The molecule has 2 rings (SSSR count). The fourth-order valence-corrected chi connectivity index (χ4v) is 1.71. The van der Waals surface area contributed by atoms with Crippen LogP contribution in [-0.4, -0.2) is 22.1 Å². The van der Waals surface area contributed by atoms with Crippen LogP contribution < -0.4 is 4.74 Å². The number of hydrogen-bond acceptors (Lipinski definition) is 3. The van der Waals surface area contributed by atoms with Crippen molar-refractivity contribution in [2.75, 3.05) is 6.61 Å². The molecule has 0 aliphatic rings. The Balaban J connectivity index is 1.88. The van der Waals surface area contributed by atoms with E-state index in [1.165, 1.54) is 10.9 Å². The van der Waals surface area contributed by atoms with Crippen molar-refractivity contribution in [3.63, 3.8) is 0 Å². The zero-order valence-corrected chi connectivity index (χ0v) is 10.4. The Morgan fingerprint density at radius 2 is 2.11 bits per heavy atom. The number of hydrogen-bond donors (Lipinski definition) is 0. The highest BCUT2D eigenvalue weighted by Crippen LogP contribution is 2.13. The van der Waals surface area contributed by atoms with E-state index in [0.717, 1.165) is 17.7 Å². The van der Waals surface area contributed by atoms with Gasteiger partial charge in [0.15, 0.2) is 0 Å². The molecule has 0 unspecified atom stereocenters. The van der Waals surface area contributed by atoms with E-state index in [1.54, 1.807) is 12.4 Å². The van der Waals surface area contributed by atoms with Crippen LogP contribution in [0.2, 0.25) is 0 Å². The van der Waals surface area contributed by atoms with Gasteiger partial charge in [-0.1, -0.05) is 12.1 Å². The average Bonchev–Trinajstić information content (AvgIpc) is 2.92. The maximum absolute atomic E-state index is 11.7. The molecular weight excluding hydrogens is 228 g/mol. The summed E-state index contributed by atoms with van der Waals surface area (Å²) in [5.74, 6) is 0.920. The number of nitrogens with zero attached hydrogens (tertiary/aromatic N) is 2. The fraction of sp³-hybridized carbons (Fsp3) is 0.286. The van der Waals surface area contributed by atoms with Gasteiger partial charge in [-0.25, -0.2) is 4.98 Å². The lowest BCUT2D eigenvalue weighted by Gasteiger charge is -2.05. The standard InChI is InChI=1S/C14H16N2O2/c1-2-18-13-6-3-12(4-7-13)5-8-14(17)16-10-9-15-11-16/h3-4,6-7,9-11H,2,5,8H2,1H3. The number of benzene rings is 1. The van der Waals surface area contributed by atoms with E-state index >= 15 is 0 Å². The molecule has 0 aliphatic carbocycles. The summed E-state index contributed by atoms with van der Waals surface area (Å²) in [6, 6.07) is 7.85. The monoisotopic (exact) mass is 244 g/mol. The van der Waals surface area contributed by atoms with E-state index in [4.69, 9.17) is 4.74 Å². The number of rotatable bonds is 5. The van der Waals surface area contributed by atoms with Crippen LogP contribution in [0.25, 0.3) is 0 Å². The van der Waals surface area contributed by atoms with Crippen molar-refractivity contribution in [1.29, 1.82) is 0 Å². The topological polar surface area (TPSA) is 44.1 Å². The third kappa shape index (κ3) is 3.20. The molecule has 1 aromatic heterocycles. The minimum atomic E-state index is 0.0568. The lowest BCUT2D eigenvalue weighted by atomic mass is 10.1. The summed E-state index contributed by atoms with van der Waals surface area (Å²) in [5.41, 5.74) is 1.13. The van der Waals surface area contributed by atoms with E-state index in [1.807, 2.05) is 31.2 Å². The molecule has 1 heterocycles. The van der Waals surface area contributed by atoms with Crippen molar-refractivity contribution in [1.82, 2.24) is 9.55 Å². The van der Waals surface area contributed by atoms with Gasteiger partial charge in [-0.3, -0.25) is 9.36 Å². The Morgan fingerprint density at radius 1 is 1.33 bits per heavy atom. The Kier molecular flexibility index (Phi) is 4.12. The fourth-order valence-electron chi connectivity index (χ4n) is 1.71. The molecule has 94 valence electrons. The molecule has 0 bridgehead atoms. The van der Waals surface area contributed by atoms with Crippen LogP contribution in [0.1, 0.15) is 23.7 Å². The van der Waals surface area contributed by atoms with Gasteiger partial charge in [0, 0.05) is 18.8 Å². The van der Waals surface area contributed by atoms with Crippen molar-refractivity contribution in [3.05, 3.63) is 48.5 Å². The van der Waals surface area contributed by atoms with Crippen molar-refractivity contribution < 1.29 is 9.53 Å². The van der Waals surface area contributed by atoms with Crippen LogP contribution >= 0.6 is 0 Å². The Labute approximate surface area is 106 Å². The number of aryl methyl sites for hydroxylation is 1. The van der Waals surface area contributed by atoms with Gasteiger partial charge in [0.25, 0.3) is 0 Å². The molecule has 0 aliphatic heterocycles. The Bertz CT molecular complexity index is 489. The van der Waals surface area contributed by atoms with Crippen LogP contribution in [0, 0.1) is 0 Å². The quantitative estimate of drug-likeness (QED) is 0.812. The molecule has 0 spiro atoms. The second-order valence-electron chi connectivity index (χ2n) is 3.94. The first-order valence-corrected chi connectivity index (χ1v) is 6.02. The molecule has 2 aromatic rings. The summed E-state index contributed by atoms with van der Waals surface area (Å²) in [7, 11) is 0. The minimum absolute atomic E-state index is 0.0568. The van der Waals surface area contributed by atoms with Crippen molar-refractivity contribution in [2.24, 2.45) is 0 Å². The lowest BCUT2D eigenvalue weighted by Crippen LogP contribution is -2.09. The molecule has 0 radical (unpaired) electrons. The lowest BCUT2D eigenvalue weighted by molar-refractivity contribution is 0.0903. The third-order valence-corrected chi connectivity index (χ3v) is 2.65. The van der Waals surface area contributed by atoms with Gasteiger partial charge in [-0.05, 0) is 31.0 Å². The van der Waals surface area contributed by atoms with Crippen LogP contribution in [0.5, 0.6) is 5.75 Å². The largest absolute Gasteiger partial charge is 0.494 e. The van der Waals surface area contributed by atoms with Crippen molar-refractivity contribution >= 4 is 5.91 Å². The van der Waals surface area contributed by atoms with E-state index < -0.39 is 0 Å². The first-order chi connectivity index (χ1) is 8.79. The number of aromatic nitrogens is 2. The predicted octanol–water partition coefficient (Wildman–Crippen LogP) is 2.55. The van der Waals surface area contributed by atoms with E-state index in [9.17, 15) is 4.79 Å². The van der Waals surface area contributed by atoms with E-state index in [0.29, 0.717) is 13.0 Å². The second kappa shape index (κ2) is 6.00. The van der Waals surface area contributed by atoms with Gasteiger partial charge in [0.1, 0.15) is 12.1 Å². The minimum Gasteiger partial charge on any atom is -0.494 e. The predicted molar refractivity (Wildman–Crippen MR) is 68.8 cm³/mol. The molecule has 4 nitrogen and oxygen atoms in total. The maximum atomic E-state index is 11.7. The first-order valence-electron chi connectivity index (χ1n) is 6.02. The number of imidazole rings is 1. The average molecular weight is 244 g/mol. The van der Waals surface area contributed by atoms with Gasteiger partial charge >= 0.3 is 0 Å². The molecule has 0 amide bonds. The summed E-state index contributed by atoms with van der Waals surface area (Å²) >= 11 is 0. The van der Waals surface area contributed by atoms with Crippen molar-refractivity contribution in [3.8, 4) is 5.75 Å². The van der Waals surface area contributed by atoms with Crippen LogP contribution in [0.4, 0.5) is 0 Å². The molecular formula is C14H16N2O2. The van der Waals surface area contributed by atoms with E-state index in [2.05, 4.69) is 4.98 Å². The smallest absolute Gasteiger partial charge is 0.232 e. The highest BCUT2D eigenvalue weighted by molar-refractivity contribution is 5.78. The van der Waals surface area contributed by atoms with Gasteiger partial charge < -0.3 is 4.74 Å². The molecule has 0 fully saturated rings. The highest BCUT2D eigenvalue weighted by Gasteiger charge is 2.04. The van der Waals surface area contributed by atoms with Crippen LogP contribution in [0.3, 0.4) is 0 Å². The van der Waals surface area contributed by atoms with Gasteiger partial charge in [0.05, 0.1) is 6.61 Å². The van der Waals surface area contributed by atoms with Crippen LogP contribution in [0.15, 0.2) is 43.0 Å². The number of ether oxygens (including phenoxy) is 1. The van der Waals surface area contributed by atoms with Gasteiger partial charge in [-0.15, -0.1) is 0 Å². The van der Waals surface area contributed by atoms with Gasteiger partial charge in [-0.2, -0.15) is 0 Å². The zero-order valence-electron chi connectivity index (χ0n) is 10.4. The summed E-state index contributed by atoms with van der Waals surface area (Å²) in [5, 5.41) is 0. The molecule has 0 saturated carbocycles. The summed E-state index contributed by atoms with van der Waals surface area (Å²) in [6.07, 6.45) is 6.00. The molecule has 1 aromatic carbocycles. The normalized spacial score (nSPS) is 10.3. The summed E-state index contributed by atoms with van der Waals surface area (Å²) < 4.78 is 6.87. The Hall–Kier alpha value is -2.10. The number of carbonyl (C=O) groups excluding carboxylic acids is 1. The molecule has 0 atom stereocenters. The number of carbonyl (C=O) groups is 1. The molecule has 4 heteroatoms. The molecule has 18 heavy (non-hydrogen) atoms.